The van der Waals surface area contributed by atoms with E-state index in [-0.39, 0.29) is 11.7 Å². The first-order valence-electron chi connectivity index (χ1n) is 6.41. The third-order valence-corrected chi connectivity index (χ3v) is 3.46. The highest BCUT2D eigenvalue weighted by Crippen LogP contribution is 2.21. The van der Waals surface area contributed by atoms with Gasteiger partial charge in [0.05, 0.1) is 11.8 Å². The van der Waals surface area contributed by atoms with Gasteiger partial charge in [-0.3, -0.25) is 4.79 Å². The van der Waals surface area contributed by atoms with E-state index in [0.717, 1.165) is 25.9 Å². The molecule has 0 spiro atoms. The van der Waals surface area contributed by atoms with Crippen LogP contribution in [0.15, 0.2) is 23.4 Å². The molecule has 1 N–H and O–H groups in total. The van der Waals surface area contributed by atoms with Gasteiger partial charge >= 0.3 is 0 Å². The van der Waals surface area contributed by atoms with Gasteiger partial charge in [0.1, 0.15) is 11.5 Å². The Labute approximate surface area is 110 Å². The first kappa shape index (κ1) is 12.1. The number of ether oxygens (including phenoxy) is 1. The monoisotopic (exact) mass is 260 g/mol. The summed E-state index contributed by atoms with van der Waals surface area (Å²) in [5, 5.41) is 0.434. The number of H-pyrrole nitrogens is 1. The molecule has 100 valence electrons. The van der Waals surface area contributed by atoms with E-state index >= 15 is 0 Å². The Hall–Kier alpha value is -1.95. The van der Waals surface area contributed by atoms with E-state index < -0.39 is 0 Å². The van der Waals surface area contributed by atoms with Gasteiger partial charge in [-0.15, -0.1) is 0 Å². The van der Waals surface area contributed by atoms with E-state index in [4.69, 9.17) is 4.74 Å². The predicted molar refractivity (Wildman–Crippen MR) is 71.3 cm³/mol. The van der Waals surface area contributed by atoms with Crippen LogP contribution in [0.25, 0.3) is 10.9 Å². The summed E-state index contributed by atoms with van der Waals surface area (Å²) in [6.07, 6.45) is 5.04. The normalized spacial score (nSPS) is 17.7. The molecule has 19 heavy (non-hydrogen) atoms. The topological polar surface area (TPSA) is 71.1 Å². The standard InChI is InChI=1S/C13H16N4O2/c1-17-6-3-9(4-7-17)19-13-11-10(2-5-14-13)15-8-16-12(11)18/h2,5,8-9H,3-4,6-7H2,1H3,(H,15,16,18). The minimum Gasteiger partial charge on any atom is -0.474 e. The van der Waals surface area contributed by atoms with Crippen LogP contribution in [-0.4, -0.2) is 46.1 Å². The van der Waals surface area contributed by atoms with E-state index in [2.05, 4.69) is 26.9 Å². The van der Waals surface area contributed by atoms with Gasteiger partial charge in [0.25, 0.3) is 5.56 Å². The minimum absolute atomic E-state index is 0.119. The van der Waals surface area contributed by atoms with Gasteiger partial charge in [-0.25, -0.2) is 9.97 Å². The lowest BCUT2D eigenvalue weighted by Crippen LogP contribution is -2.36. The van der Waals surface area contributed by atoms with Gasteiger partial charge in [0.2, 0.25) is 5.88 Å². The first-order valence-corrected chi connectivity index (χ1v) is 6.41. The molecular weight excluding hydrogens is 244 g/mol. The third kappa shape index (κ3) is 2.44. The molecule has 6 nitrogen and oxygen atoms in total. The number of nitrogens with one attached hydrogen (secondary N) is 1. The Kier molecular flexibility index (Phi) is 3.16. The molecular formula is C13H16N4O2. The molecule has 0 bridgehead atoms. The van der Waals surface area contributed by atoms with Crippen molar-refractivity contribution in [2.45, 2.75) is 18.9 Å². The van der Waals surface area contributed by atoms with Crippen LogP contribution >= 0.6 is 0 Å². The quantitative estimate of drug-likeness (QED) is 0.864. The molecule has 1 aliphatic heterocycles. The fourth-order valence-corrected chi connectivity index (χ4v) is 2.34. The molecule has 6 heteroatoms. The number of aromatic amines is 1. The average molecular weight is 260 g/mol. The molecule has 0 radical (unpaired) electrons. The molecule has 0 amide bonds. The Bertz CT molecular complexity index is 627. The van der Waals surface area contributed by atoms with Crippen molar-refractivity contribution in [3.05, 3.63) is 28.9 Å². The average Bonchev–Trinajstić information content (AvgIpc) is 2.42. The van der Waals surface area contributed by atoms with Gasteiger partial charge < -0.3 is 14.6 Å². The lowest BCUT2D eigenvalue weighted by atomic mass is 10.1. The van der Waals surface area contributed by atoms with Gasteiger partial charge in [-0.2, -0.15) is 0 Å². The van der Waals surface area contributed by atoms with Gasteiger partial charge in [-0.05, 0) is 26.0 Å². The SMILES string of the molecule is CN1CCC(Oc2nccc3nc[nH]c(=O)c23)CC1. The van der Waals surface area contributed by atoms with Crippen LogP contribution in [0.5, 0.6) is 5.88 Å². The molecule has 0 saturated carbocycles. The molecule has 3 rings (SSSR count). The van der Waals surface area contributed by atoms with Crippen molar-refractivity contribution in [3.63, 3.8) is 0 Å². The number of likely N-dealkylation sites (tertiary alicyclic amines) is 1. The smallest absolute Gasteiger partial charge is 0.264 e. The maximum absolute atomic E-state index is 11.9. The number of pyridine rings is 1. The van der Waals surface area contributed by atoms with E-state index in [1.165, 1.54) is 6.33 Å². The van der Waals surface area contributed by atoms with Crippen molar-refractivity contribution < 1.29 is 4.74 Å². The first-order chi connectivity index (χ1) is 9.24. The Balaban J connectivity index is 1.91. The summed E-state index contributed by atoms with van der Waals surface area (Å²) in [6.45, 7) is 2.01. The number of piperidine rings is 1. The number of hydrogen-bond donors (Lipinski definition) is 1. The van der Waals surface area contributed by atoms with Gasteiger partial charge in [-0.1, -0.05) is 0 Å². The van der Waals surface area contributed by atoms with Crippen molar-refractivity contribution in [1.82, 2.24) is 19.9 Å². The summed E-state index contributed by atoms with van der Waals surface area (Å²) in [5.41, 5.74) is 0.405. The van der Waals surface area contributed by atoms with Crippen molar-refractivity contribution in [2.24, 2.45) is 0 Å². The van der Waals surface area contributed by atoms with Crippen LogP contribution in [0.4, 0.5) is 0 Å². The van der Waals surface area contributed by atoms with Crippen LogP contribution in [0.1, 0.15) is 12.8 Å². The highest BCUT2D eigenvalue weighted by molar-refractivity contribution is 5.81. The molecule has 2 aromatic heterocycles. The summed E-state index contributed by atoms with van der Waals surface area (Å²) < 4.78 is 5.90. The molecule has 0 atom stereocenters. The highest BCUT2D eigenvalue weighted by atomic mass is 16.5. The van der Waals surface area contributed by atoms with E-state index in [1.54, 1.807) is 12.3 Å². The fraction of sp³-hybridized carbons (Fsp3) is 0.462. The second kappa shape index (κ2) is 4.97. The van der Waals surface area contributed by atoms with Crippen LogP contribution in [0, 0.1) is 0 Å². The number of hydrogen-bond acceptors (Lipinski definition) is 5. The Morgan fingerprint density at radius 3 is 2.95 bits per heavy atom. The van der Waals surface area contributed by atoms with Crippen molar-refractivity contribution in [2.75, 3.05) is 20.1 Å². The Morgan fingerprint density at radius 1 is 1.37 bits per heavy atom. The summed E-state index contributed by atoms with van der Waals surface area (Å²) in [7, 11) is 2.10. The largest absolute Gasteiger partial charge is 0.474 e. The lowest BCUT2D eigenvalue weighted by Gasteiger charge is -2.29. The molecule has 1 aliphatic rings. The number of aromatic nitrogens is 3. The van der Waals surface area contributed by atoms with Gasteiger partial charge in [0.15, 0.2) is 0 Å². The van der Waals surface area contributed by atoms with E-state index in [1.807, 2.05) is 0 Å². The van der Waals surface area contributed by atoms with E-state index in [0.29, 0.717) is 16.8 Å². The van der Waals surface area contributed by atoms with Crippen molar-refractivity contribution in [1.29, 1.82) is 0 Å². The van der Waals surface area contributed by atoms with Crippen molar-refractivity contribution in [3.8, 4) is 5.88 Å². The maximum Gasteiger partial charge on any atom is 0.264 e. The molecule has 0 aliphatic carbocycles. The zero-order valence-electron chi connectivity index (χ0n) is 10.8. The molecule has 0 unspecified atom stereocenters. The summed E-state index contributed by atoms with van der Waals surface area (Å²) in [5.74, 6) is 0.390. The van der Waals surface area contributed by atoms with Gasteiger partial charge in [0, 0.05) is 19.3 Å². The lowest BCUT2D eigenvalue weighted by molar-refractivity contribution is 0.111. The summed E-state index contributed by atoms with van der Waals surface area (Å²) in [6, 6.07) is 1.71. The number of nitrogens with zero attached hydrogens (tertiary/aromatic N) is 3. The van der Waals surface area contributed by atoms with Crippen molar-refractivity contribution >= 4 is 10.9 Å². The number of fused-ring (bicyclic) bond motifs is 1. The van der Waals surface area contributed by atoms with Crippen LogP contribution in [0.2, 0.25) is 0 Å². The summed E-state index contributed by atoms with van der Waals surface area (Å²) >= 11 is 0. The second-order valence-corrected chi connectivity index (χ2v) is 4.86. The molecule has 3 heterocycles. The third-order valence-electron chi connectivity index (χ3n) is 3.46. The predicted octanol–water partition coefficient (Wildman–Crippen LogP) is 0.791. The zero-order valence-corrected chi connectivity index (χ0v) is 10.8. The van der Waals surface area contributed by atoms with E-state index in [9.17, 15) is 4.79 Å². The fourth-order valence-electron chi connectivity index (χ4n) is 2.34. The van der Waals surface area contributed by atoms with Crippen LogP contribution in [-0.2, 0) is 0 Å². The Morgan fingerprint density at radius 2 is 2.16 bits per heavy atom. The summed E-state index contributed by atoms with van der Waals surface area (Å²) in [4.78, 5) is 25.0. The number of rotatable bonds is 2. The maximum atomic E-state index is 11.9. The molecule has 1 saturated heterocycles. The molecule has 1 fully saturated rings. The van der Waals surface area contributed by atoms with Crippen LogP contribution < -0.4 is 10.3 Å². The molecule has 0 aromatic carbocycles. The highest BCUT2D eigenvalue weighted by Gasteiger charge is 2.20. The minimum atomic E-state index is -0.207. The van der Waals surface area contributed by atoms with Crippen LogP contribution in [0.3, 0.4) is 0 Å². The molecule has 2 aromatic rings. The second-order valence-electron chi connectivity index (χ2n) is 4.86. The zero-order chi connectivity index (χ0) is 13.2.